The van der Waals surface area contributed by atoms with Gasteiger partial charge in [0.2, 0.25) is 18.6 Å². The quantitative estimate of drug-likeness (QED) is 0.594. The summed E-state index contributed by atoms with van der Waals surface area (Å²) < 4.78 is 16.5. The number of benzene rings is 1. The molecule has 1 saturated carbocycles. The average Bonchev–Trinajstić information content (AvgIpc) is 3.34. The molecule has 0 radical (unpaired) electrons. The third-order valence-electron chi connectivity index (χ3n) is 5.22. The van der Waals surface area contributed by atoms with Crippen molar-refractivity contribution in [3.8, 4) is 11.5 Å². The van der Waals surface area contributed by atoms with Gasteiger partial charge in [0.25, 0.3) is 0 Å². The van der Waals surface area contributed by atoms with Gasteiger partial charge in [-0.15, -0.1) is 6.58 Å². The van der Waals surface area contributed by atoms with E-state index < -0.39 is 0 Å². The van der Waals surface area contributed by atoms with E-state index in [1.165, 1.54) is 0 Å². The van der Waals surface area contributed by atoms with Crippen molar-refractivity contribution < 1.29 is 23.5 Å². The Morgan fingerprint density at radius 2 is 1.90 bits per heavy atom. The van der Waals surface area contributed by atoms with Gasteiger partial charge in [-0.3, -0.25) is 9.59 Å². The van der Waals surface area contributed by atoms with E-state index in [-0.39, 0.29) is 31.1 Å². The van der Waals surface area contributed by atoms with Crippen LogP contribution in [0.25, 0.3) is 0 Å². The van der Waals surface area contributed by atoms with Gasteiger partial charge >= 0.3 is 0 Å². The van der Waals surface area contributed by atoms with Gasteiger partial charge in [0, 0.05) is 19.0 Å². The second kappa shape index (κ2) is 8.65. The molecule has 2 aromatic rings. The van der Waals surface area contributed by atoms with Crippen LogP contribution in [0.5, 0.6) is 11.5 Å². The maximum absolute atomic E-state index is 13.2. The van der Waals surface area contributed by atoms with E-state index in [1.807, 2.05) is 37.3 Å². The lowest BCUT2D eigenvalue weighted by Crippen LogP contribution is -2.43. The Morgan fingerprint density at radius 1 is 1.10 bits per heavy atom. The Balaban J connectivity index is 1.51. The van der Waals surface area contributed by atoms with E-state index in [2.05, 4.69) is 6.58 Å². The molecule has 1 aliphatic heterocycles. The van der Waals surface area contributed by atoms with E-state index in [9.17, 15) is 9.59 Å². The lowest BCUT2D eigenvalue weighted by Gasteiger charge is -2.27. The maximum Gasteiger partial charge on any atom is 0.242 e. The van der Waals surface area contributed by atoms with E-state index in [1.54, 1.807) is 15.9 Å². The molecule has 1 aromatic heterocycles. The third-order valence-corrected chi connectivity index (χ3v) is 5.22. The molecule has 1 aromatic carbocycles. The number of furan rings is 1. The molecule has 0 unspecified atom stereocenters. The van der Waals surface area contributed by atoms with Crippen molar-refractivity contribution in [2.45, 2.75) is 32.9 Å². The first-order valence-electron chi connectivity index (χ1n) is 10.1. The van der Waals surface area contributed by atoms with Crippen molar-refractivity contribution >= 4 is 11.8 Å². The summed E-state index contributed by atoms with van der Waals surface area (Å²) in [6.45, 7) is 6.87. The number of amides is 2. The molecule has 0 N–H and O–H groups in total. The SMILES string of the molecule is C=CCN(CC(=O)N(Cc1ccc2c(c1)OCO2)Cc1ccc(C)o1)C(=O)C1CC1. The average molecular weight is 410 g/mol. The molecule has 2 amide bonds. The van der Waals surface area contributed by atoms with Crippen LogP contribution in [0.15, 0.2) is 47.4 Å². The number of hydrogen-bond donors (Lipinski definition) is 0. The van der Waals surface area contributed by atoms with E-state index in [0.717, 1.165) is 24.2 Å². The first-order valence-corrected chi connectivity index (χ1v) is 10.1. The van der Waals surface area contributed by atoms with Gasteiger partial charge in [-0.1, -0.05) is 12.1 Å². The van der Waals surface area contributed by atoms with Crippen molar-refractivity contribution in [1.82, 2.24) is 9.80 Å². The van der Waals surface area contributed by atoms with Crippen LogP contribution in [0.1, 0.15) is 29.9 Å². The number of carbonyl (C=O) groups excluding carboxylic acids is 2. The highest BCUT2D eigenvalue weighted by molar-refractivity contribution is 5.87. The number of rotatable bonds is 9. The molecule has 7 nitrogen and oxygen atoms in total. The van der Waals surface area contributed by atoms with E-state index in [4.69, 9.17) is 13.9 Å². The normalized spacial score (nSPS) is 14.4. The number of hydrogen-bond acceptors (Lipinski definition) is 5. The second-order valence-electron chi connectivity index (χ2n) is 7.73. The minimum absolute atomic E-state index is 0.0194. The van der Waals surface area contributed by atoms with Crippen LogP contribution >= 0.6 is 0 Å². The summed E-state index contributed by atoms with van der Waals surface area (Å²) in [6.07, 6.45) is 3.45. The molecule has 2 aliphatic rings. The van der Waals surface area contributed by atoms with Crippen LogP contribution < -0.4 is 9.47 Å². The standard InChI is InChI=1S/C23H26N2O5/c1-3-10-24(23(27)18-6-7-18)14-22(26)25(13-19-8-4-16(2)30-19)12-17-5-9-20-21(11-17)29-15-28-20/h3-5,8-9,11,18H,1,6-7,10,12-15H2,2H3. The first kappa shape index (κ1) is 20.1. The van der Waals surface area contributed by atoms with Gasteiger partial charge in [-0.05, 0) is 49.6 Å². The molecule has 1 fully saturated rings. The van der Waals surface area contributed by atoms with Gasteiger partial charge in [-0.25, -0.2) is 0 Å². The molecule has 0 spiro atoms. The van der Waals surface area contributed by atoms with Gasteiger partial charge < -0.3 is 23.7 Å². The highest BCUT2D eigenvalue weighted by atomic mass is 16.7. The molecule has 1 aliphatic carbocycles. The molecular weight excluding hydrogens is 384 g/mol. The summed E-state index contributed by atoms with van der Waals surface area (Å²) >= 11 is 0. The van der Waals surface area contributed by atoms with Crippen molar-refractivity contribution in [3.63, 3.8) is 0 Å². The van der Waals surface area contributed by atoms with Crippen LogP contribution in [-0.2, 0) is 22.7 Å². The summed E-state index contributed by atoms with van der Waals surface area (Å²) in [4.78, 5) is 29.1. The smallest absolute Gasteiger partial charge is 0.242 e. The van der Waals surface area contributed by atoms with Crippen LogP contribution in [-0.4, -0.2) is 41.5 Å². The zero-order chi connectivity index (χ0) is 21.1. The fourth-order valence-corrected chi connectivity index (χ4v) is 3.49. The maximum atomic E-state index is 13.2. The number of aryl methyl sites for hydroxylation is 1. The fraction of sp³-hybridized carbons (Fsp3) is 0.391. The molecule has 0 saturated heterocycles. The fourth-order valence-electron chi connectivity index (χ4n) is 3.49. The number of ether oxygens (including phenoxy) is 2. The molecule has 4 rings (SSSR count). The van der Waals surface area contributed by atoms with Crippen molar-refractivity contribution in [3.05, 3.63) is 60.1 Å². The van der Waals surface area contributed by atoms with Crippen LogP contribution in [0.2, 0.25) is 0 Å². The first-order chi connectivity index (χ1) is 14.5. The topological polar surface area (TPSA) is 72.2 Å². The summed E-state index contributed by atoms with van der Waals surface area (Å²) in [6, 6.07) is 9.38. The lowest BCUT2D eigenvalue weighted by atomic mass is 10.1. The zero-order valence-electron chi connectivity index (χ0n) is 17.1. The molecule has 158 valence electrons. The minimum Gasteiger partial charge on any atom is -0.464 e. The van der Waals surface area contributed by atoms with Crippen LogP contribution in [0, 0.1) is 12.8 Å². The highest BCUT2D eigenvalue weighted by Crippen LogP contribution is 2.33. The summed E-state index contributed by atoms with van der Waals surface area (Å²) in [5.74, 6) is 2.80. The van der Waals surface area contributed by atoms with Gasteiger partial charge in [-0.2, -0.15) is 0 Å². The predicted molar refractivity (Wildman–Crippen MR) is 110 cm³/mol. The Bertz CT molecular complexity index is 947. The number of carbonyl (C=O) groups is 2. The van der Waals surface area contributed by atoms with Gasteiger partial charge in [0.15, 0.2) is 11.5 Å². The summed E-state index contributed by atoms with van der Waals surface area (Å²) in [5.41, 5.74) is 0.916. The zero-order valence-corrected chi connectivity index (χ0v) is 17.1. The van der Waals surface area contributed by atoms with Crippen LogP contribution in [0.4, 0.5) is 0 Å². The van der Waals surface area contributed by atoms with Crippen LogP contribution in [0.3, 0.4) is 0 Å². The summed E-state index contributed by atoms with van der Waals surface area (Å²) in [7, 11) is 0. The van der Waals surface area contributed by atoms with Crippen molar-refractivity contribution in [2.24, 2.45) is 5.92 Å². The Labute approximate surface area is 175 Å². The van der Waals surface area contributed by atoms with E-state index in [0.29, 0.717) is 36.9 Å². The number of nitrogens with zero attached hydrogens (tertiary/aromatic N) is 2. The molecule has 0 atom stereocenters. The third kappa shape index (κ3) is 4.67. The molecule has 30 heavy (non-hydrogen) atoms. The van der Waals surface area contributed by atoms with E-state index >= 15 is 0 Å². The Kier molecular flexibility index (Phi) is 5.79. The van der Waals surface area contributed by atoms with Gasteiger partial charge in [0.05, 0.1) is 6.54 Å². The Morgan fingerprint density at radius 3 is 2.60 bits per heavy atom. The van der Waals surface area contributed by atoms with Gasteiger partial charge in [0.1, 0.15) is 18.1 Å². The summed E-state index contributed by atoms with van der Waals surface area (Å²) in [5, 5.41) is 0. The molecule has 0 bridgehead atoms. The minimum atomic E-state index is -0.141. The number of fused-ring (bicyclic) bond motifs is 1. The van der Waals surface area contributed by atoms with Crippen molar-refractivity contribution in [1.29, 1.82) is 0 Å². The van der Waals surface area contributed by atoms with Crippen molar-refractivity contribution in [2.75, 3.05) is 19.9 Å². The highest BCUT2D eigenvalue weighted by Gasteiger charge is 2.34. The molecule has 2 heterocycles. The lowest BCUT2D eigenvalue weighted by molar-refractivity contribution is -0.141. The second-order valence-corrected chi connectivity index (χ2v) is 7.73. The monoisotopic (exact) mass is 410 g/mol. The predicted octanol–water partition coefficient (Wildman–Crippen LogP) is 3.27. The Hall–Kier alpha value is -3.22. The molecular formula is C23H26N2O5. The largest absolute Gasteiger partial charge is 0.464 e. The molecule has 7 heteroatoms.